The Morgan fingerprint density at radius 3 is 2.80 bits per heavy atom. The number of hydrogen-bond acceptors (Lipinski definition) is 9. The van der Waals surface area contributed by atoms with E-state index < -0.39 is 0 Å². The first-order valence-electron chi connectivity index (χ1n) is 12.0. The second-order valence-corrected chi connectivity index (χ2v) is 9.49. The molecule has 1 saturated heterocycles. The Morgan fingerprint density at radius 1 is 1.23 bits per heavy atom. The molecule has 0 radical (unpaired) electrons. The number of fused-ring (bicyclic) bond motifs is 1. The van der Waals surface area contributed by atoms with Crippen molar-refractivity contribution in [3.8, 4) is 0 Å². The molecule has 4 rings (SSSR count). The van der Waals surface area contributed by atoms with Crippen molar-refractivity contribution < 1.29 is 4.74 Å². The summed E-state index contributed by atoms with van der Waals surface area (Å²) in [5.41, 5.74) is 10.3. The highest BCUT2D eigenvalue weighted by Gasteiger charge is 2.37. The first kappa shape index (κ1) is 24.7. The van der Waals surface area contributed by atoms with E-state index in [4.69, 9.17) is 15.5 Å². The Morgan fingerprint density at radius 2 is 2.06 bits per heavy atom. The summed E-state index contributed by atoms with van der Waals surface area (Å²) in [6.07, 6.45) is 7.94. The Labute approximate surface area is 206 Å². The predicted octanol–water partition coefficient (Wildman–Crippen LogP) is 3.77. The van der Waals surface area contributed by atoms with Gasteiger partial charge in [-0.05, 0) is 49.1 Å². The molecule has 184 valence electrons. The van der Waals surface area contributed by atoms with Crippen molar-refractivity contribution in [1.29, 1.82) is 0 Å². The van der Waals surface area contributed by atoms with Crippen LogP contribution in [0.25, 0.3) is 16.6 Å². The van der Waals surface area contributed by atoms with E-state index in [1.54, 1.807) is 25.7 Å². The van der Waals surface area contributed by atoms with Crippen LogP contribution < -0.4 is 11.1 Å². The van der Waals surface area contributed by atoms with Gasteiger partial charge in [-0.25, -0.2) is 4.98 Å². The normalized spacial score (nSPS) is 16.2. The summed E-state index contributed by atoms with van der Waals surface area (Å²) < 4.78 is 5.49. The molecule has 0 spiro atoms. The van der Waals surface area contributed by atoms with Crippen LogP contribution in [0.5, 0.6) is 0 Å². The lowest BCUT2D eigenvalue weighted by molar-refractivity contribution is -0.110. The topological polar surface area (TPSA) is 114 Å². The van der Waals surface area contributed by atoms with Gasteiger partial charge in [0, 0.05) is 63.0 Å². The minimum absolute atomic E-state index is 0.0107. The molecule has 0 bridgehead atoms. The van der Waals surface area contributed by atoms with E-state index in [-0.39, 0.29) is 5.60 Å². The molecule has 0 unspecified atom stereocenters. The number of likely N-dealkylation sites (tertiary alicyclic amines) is 1. The highest BCUT2D eigenvalue weighted by Crippen LogP contribution is 2.24. The molecular formula is C26H34N8O. The molecule has 1 fully saturated rings. The van der Waals surface area contributed by atoms with Gasteiger partial charge in [0.15, 0.2) is 5.82 Å². The summed E-state index contributed by atoms with van der Waals surface area (Å²) in [6.45, 7) is 10.1. The van der Waals surface area contributed by atoms with Crippen molar-refractivity contribution in [2.45, 2.75) is 38.7 Å². The van der Waals surface area contributed by atoms with Gasteiger partial charge in [0.05, 0.1) is 22.8 Å². The fourth-order valence-electron chi connectivity index (χ4n) is 4.07. The van der Waals surface area contributed by atoms with Crippen molar-refractivity contribution in [3.05, 3.63) is 54.0 Å². The Balaban J connectivity index is 1.39. The molecule has 0 amide bonds. The van der Waals surface area contributed by atoms with Crippen molar-refractivity contribution in [2.24, 2.45) is 10.7 Å². The summed E-state index contributed by atoms with van der Waals surface area (Å²) in [6, 6.07) is 7.77. The number of nitrogens with one attached hydrogen (secondary N) is 1. The van der Waals surface area contributed by atoms with Crippen molar-refractivity contribution in [3.63, 3.8) is 0 Å². The number of anilines is 2. The largest absolute Gasteiger partial charge is 0.404 e. The number of aliphatic imine (C=N–C) groups is 1. The number of ether oxygens (including phenoxy) is 1. The van der Waals surface area contributed by atoms with Gasteiger partial charge in [0.1, 0.15) is 5.82 Å². The molecule has 3 N–H and O–H groups in total. The van der Waals surface area contributed by atoms with E-state index >= 15 is 0 Å². The second-order valence-electron chi connectivity index (χ2n) is 9.49. The van der Waals surface area contributed by atoms with E-state index in [0.29, 0.717) is 17.6 Å². The highest BCUT2D eigenvalue weighted by atomic mass is 16.5. The van der Waals surface area contributed by atoms with Crippen LogP contribution in [-0.4, -0.2) is 70.2 Å². The average Bonchev–Trinajstić information content (AvgIpc) is 2.84. The van der Waals surface area contributed by atoms with E-state index in [9.17, 15) is 0 Å². The molecule has 9 heteroatoms. The van der Waals surface area contributed by atoms with Crippen LogP contribution in [0.2, 0.25) is 0 Å². The summed E-state index contributed by atoms with van der Waals surface area (Å²) in [7, 11) is 1.77. The van der Waals surface area contributed by atoms with Crippen molar-refractivity contribution in [2.75, 3.05) is 38.6 Å². The monoisotopic (exact) mass is 474 g/mol. The fourth-order valence-corrected chi connectivity index (χ4v) is 4.07. The number of hydrogen-bond donors (Lipinski definition) is 2. The number of aromatic nitrogens is 4. The van der Waals surface area contributed by atoms with Gasteiger partial charge >= 0.3 is 0 Å². The van der Waals surface area contributed by atoms with E-state index in [2.05, 4.69) is 51.2 Å². The van der Waals surface area contributed by atoms with Gasteiger partial charge in [0.25, 0.3) is 0 Å². The SMILES string of the molecule is COC1(C)CN(CCCN=CC(=CN)c2cnc3ccc(Nc4cc(C(C)C)cnn4)nc3c2)C1. The van der Waals surface area contributed by atoms with Crippen molar-refractivity contribution >= 4 is 34.5 Å². The average molecular weight is 475 g/mol. The van der Waals surface area contributed by atoms with Gasteiger partial charge in [-0.15, -0.1) is 5.10 Å². The molecule has 3 aromatic heterocycles. The number of rotatable bonds is 10. The van der Waals surface area contributed by atoms with Crippen molar-refractivity contribution in [1.82, 2.24) is 25.1 Å². The summed E-state index contributed by atoms with van der Waals surface area (Å²) in [5, 5.41) is 11.5. The summed E-state index contributed by atoms with van der Waals surface area (Å²) >= 11 is 0. The maximum Gasteiger partial charge on any atom is 0.154 e. The van der Waals surface area contributed by atoms with Gasteiger partial charge in [0.2, 0.25) is 0 Å². The second kappa shape index (κ2) is 10.9. The van der Waals surface area contributed by atoms with E-state index in [0.717, 1.165) is 60.3 Å². The number of nitrogens with zero attached hydrogens (tertiary/aromatic N) is 6. The molecule has 3 aromatic rings. The Kier molecular flexibility index (Phi) is 7.67. The zero-order valence-corrected chi connectivity index (χ0v) is 20.9. The lowest BCUT2D eigenvalue weighted by Gasteiger charge is -2.46. The van der Waals surface area contributed by atoms with Gasteiger partial charge in [-0.2, -0.15) is 5.10 Å². The first-order valence-corrected chi connectivity index (χ1v) is 12.0. The third kappa shape index (κ3) is 6.17. The number of allylic oxidation sites excluding steroid dienone is 1. The third-order valence-corrected chi connectivity index (χ3v) is 6.25. The quantitative estimate of drug-likeness (QED) is 0.337. The highest BCUT2D eigenvalue weighted by molar-refractivity contribution is 6.10. The lowest BCUT2D eigenvalue weighted by atomic mass is 9.96. The minimum Gasteiger partial charge on any atom is -0.404 e. The van der Waals surface area contributed by atoms with Gasteiger partial charge in [-0.1, -0.05) is 13.8 Å². The molecule has 1 aliphatic rings. The maximum absolute atomic E-state index is 5.91. The predicted molar refractivity (Wildman–Crippen MR) is 141 cm³/mol. The summed E-state index contributed by atoms with van der Waals surface area (Å²) in [4.78, 5) is 16.2. The molecule has 4 heterocycles. The minimum atomic E-state index is 0.0107. The van der Waals surface area contributed by atoms with Crippen LogP contribution in [0, 0.1) is 0 Å². The molecular weight excluding hydrogens is 440 g/mol. The standard InChI is InChI=1S/C26H34N8O/c1-18(2)19-11-25(33-30-15-19)32-24-7-6-22-23(31-24)10-20(14-29-22)21(12-27)13-28-8-5-9-34-16-26(3,17-34)35-4/h6-7,10-15,18H,5,8-9,16-17,27H2,1-4H3,(H,31,32,33). The number of pyridine rings is 2. The van der Waals surface area contributed by atoms with E-state index in [1.165, 1.54) is 0 Å². The lowest BCUT2D eigenvalue weighted by Crippen LogP contribution is -2.60. The first-order chi connectivity index (χ1) is 16.9. The molecule has 9 nitrogen and oxygen atoms in total. The number of nitrogens with two attached hydrogens (primary N) is 1. The summed E-state index contributed by atoms with van der Waals surface area (Å²) in [5.74, 6) is 1.70. The molecule has 0 saturated carbocycles. The smallest absolute Gasteiger partial charge is 0.154 e. The Bertz CT molecular complexity index is 1220. The zero-order chi connectivity index (χ0) is 24.8. The van der Waals surface area contributed by atoms with Crippen LogP contribution in [0.3, 0.4) is 0 Å². The van der Waals surface area contributed by atoms with Gasteiger partial charge < -0.3 is 15.8 Å². The van der Waals surface area contributed by atoms with E-state index in [1.807, 2.05) is 30.5 Å². The fraction of sp³-hybridized carbons (Fsp3) is 0.423. The van der Waals surface area contributed by atoms with Crippen LogP contribution in [0.1, 0.15) is 44.2 Å². The third-order valence-electron chi connectivity index (χ3n) is 6.25. The molecule has 35 heavy (non-hydrogen) atoms. The van der Waals surface area contributed by atoms with Crippen LogP contribution in [0.15, 0.2) is 47.9 Å². The maximum atomic E-state index is 5.91. The molecule has 0 aliphatic carbocycles. The Hall–Kier alpha value is -3.43. The zero-order valence-electron chi connectivity index (χ0n) is 20.9. The number of methoxy groups -OCH3 is 1. The molecule has 1 aliphatic heterocycles. The molecule has 0 aromatic carbocycles. The van der Waals surface area contributed by atoms with Crippen LogP contribution in [-0.2, 0) is 4.74 Å². The molecule has 0 atom stereocenters. The van der Waals surface area contributed by atoms with Crippen LogP contribution in [0.4, 0.5) is 11.6 Å². The van der Waals surface area contributed by atoms with Gasteiger partial charge in [-0.3, -0.25) is 14.9 Å². The van der Waals surface area contributed by atoms with Crippen LogP contribution >= 0.6 is 0 Å².